The van der Waals surface area contributed by atoms with Crippen LogP contribution in [0.2, 0.25) is 0 Å². The van der Waals surface area contributed by atoms with Gasteiger partial charge in [-0.15, -0.1) is 0 Å². The Bertz CT molecular complexity index is 928. The van der Waals surface area contributed by atoms with Crippen molar-refractivity contribution in [2.75, 3.05) is 13.2 Å². The topological polar surface area (TPSA) is 99.7 Å². The maximum atomic E-state index is 12.2. The molecule has 1 aliphatic heterocycles. The van der Waals surface area contributed by atoms with Gasteiger partial charge in [-0.2, -0.15) is 0 Å². The molecule has 1 aromatic heterocycles. The van der Waals surface area contributed by atoms with E-state index in [9.17, 15) is 14.9 Å². The summed E-state index contributed by atoms with van der Waals surface area (Å²) in [6, 6.07) is 7.66. The predicted octanol–water partition coefficient (Wildman–Crippen LogP) is 3.42. The first-order valence-corrected chi connectivity index (χ1v) is 9.86. The highest BCUT2D eigenvalue weighted by atomic mass is 16.6. The van der Waals surface area contributed by atoms with Gasteiger partial charge in [0.25, 0.3) is 0 Å². The highest BCUT2D eigenvalue weighted by molar-refractivity contribution is 5.89. The van der Waals surface area contributed by atoms with Gasteiger partial charge in [0.1, 0.15) is 18.4 Å². The summed E-state index contributed by atoms with van der Waals surface area (Å²) < 4.78 is 12.8. The smallest absolute Gasteiger partial charge is 0.414 e. The molecule has 2 aromatic rings. The SMILES string of the molecule is CC(C)(C)OC(=O)c1ccc(CN2CCOc3nc([N+](=O)[O-])cn3CC2(C)C)cc1. The van der Waals surface area contributed by atoms with Gasteiger partial charge >= 0.3 is 17.8 Å². The van der Waals surface area contributed by atoms with Crippen LogP contribution in [-0.2, 0) is 17.8 Å². The Morgan fingerprint density at radius 1 is 1.30 bits per heavy atom. The van der Waals surface area contributed by atoms with Crippen molar-refractivity contribution in [3.05, 3.63) is 51.7 Å². The van der Waals surface area contributed by atoms with Crippen LogP contribution < -0.4 is 4.74 Å². The molecule has 0 spiro atoms. The van der Waals surface area contributed by atoms with Crippen LogP contribution in [0.25, 0.3) is 0 Å². The molecule has 9 nitrogen and oxygen atoms in total. The quantitative estimate of drug-likeness (QED) is 0.428. The van der Waals surface area contributed by atoms with Gasteiger partial charge < -0.3 is 19.6 Å². The van der Waals surface area contributed by atoms with E-state index in [2.05, 4.69) is 23.7 Å². The lowest BCUT2D eigenvalue weighted by Crippen LogP contribution is -2.49. The molecule has 0 N–H and O–H groups in total. The van der Waals surface area contributed by atoms with Crippen molar-refractivity contribution >= 4 is 11.8 Å². The van der Waals surface area contributed by atoms with Crippen LogP contribution >= 0.6 is 0 Å². The minimum Gasteiger partial charge on any atom is -0.456 e. The zero-order valence-electron chi connectivity index (χ0n) is 18.0. The molecule has 0 fully saturated rings. The van der Waals surface area contributed by atoms with E-state index < -0.39 is 10.5 Å². The molecule has 1 aromatic carbocycles. The minimum absolute atomic E-state index is 0.216. The summed E-state index contributed by atoms with van der Waals surface area (Å²) >= 11 is 0. The van der Waals surface area contributed by atoms with Gasteiger partial charge in [-0.3, -0.25) is 9.47 Å². The predicted molar refractivity (Wildman–Crippen MR) is 110 cm³/mol. The Kier molecular flexibility index (Phi) is 5.85. The molecule has 0 saturated heterocycles. The third kappa shape index (κ3) is 5.15. The molecule has 0 aliphatic carbocycles. The van der Waals surface area contributed by atoms with Gasteiger partial charge in [0.05, 0.1) is 5.56 Å². The molecule has 9 heteroatoms. The van der Waals surface area contributed by atoms with Crippen molar-refractivity contribution in [1.29, 1.82) is 0 Å². The Labute approximate surface area is 175 Å². The maximum absolute atomic E-state index is 12.2. The van der Waals surface area contributed by atoms with Crippen LogP contribution in [0, 0.1) is 10.1 Å². The fourth-order valence-electron chi connectivity index (χ4n) is 3.37. The Hall–Kier alpha value is -2.94. The molecule has 162 valence electrons. The Morgan fingerprint density at radius 3 is 2.57 bits per heavy atom. The van der Waals surface area contributed by atoms with Gasteiger partial charge in [-0.25, -0.2) is 4.79 Å². The number of esters is 1. The summed E-state index contributed by atoms with van der Waals surface area (Å²) in [5.74, 6) is -0.560. The van der Waals surface area contributed by atoms with E-state index in [1.54, 1.807) is 16.7 Å². The number of carbonyl (C=O) groups excluding carboxylic acids is 1. The second-order valence-corrected chi connectivity index (χ2v) is 9.05. The lowest BCUT2D eigenvalue weighted by Gasteiger charge is -2.40. The van der Waals surface area contributed by atoms with Crippen LogP contribution in [0.1, 0.15) is 50.5 Å². The van der Waals surface area contributed by atoms with Gasteiger partial charge in [-0.1, -0.05) is 12.1 Å². The fraction of sp³-hybridized carbons (Fsp3) is 0.524. The fourth-order valence-corrected chi connectivity index (χ4v) is 3.37. The van der Waals surface area contributed by atoms with Crippen molar-refractivity contribution in [3.63, 3.8) is 0 Å². The Morgan fingerprint density at radius 2 is 1.97 bits per heavy atom. The molecular formula is C21H28N4O5. The number of fused-ring (bicyclic) bond motifs is 1. The van der Waals surface area contributed by atoms with Gasteiger partial charge in [0.2, 0.25) is 0 Å². The Balaban J connectivity index is 1.73. The molecule has 0 unspecified atom stereocenters. The van der Waals surface area contributed by atoms with E-state index in [0.717, 1.165) is 5.56 Å². The molecule has 0 saturated carbocycles. The normalized spacial score (nSPS) is 16.7. The number of benzene rings is 1. The van der Waals surface area contributed by atoms with Crippen LogP contribution in [0.4, 0.5) is 5.82 Å². The number of nitrogens with zero attached hydrogens (tertiary/aromatic N) is 4. The average Bonchev–Trinajstić information content (AvgIpc) is 3.01. The third-order valence-electron chi connectivity index (χ3n) is 4.88. The average molecular weight is 416 g/mol. The number of ether oxygens (including phenoxy) is 2. The number of hydrogen-bond donors (Lipinski definition) is 0. The van der Waals surface area contributed by atoms with Crippen LogP contribution in [0.15, 0.2) is 30.5 Å². The van der Waals surface area contributed by atoms with Crippen molar-refractivity contribution in [2.45, 2.75) is 58.8 Å². The van der Waals surface area contributed by atoms with Crippen molar-refractivity contribution in [2.24, 2.45) is 0 Å². The second kappa shape index (κ2) is 8.06. The number of hydrogen-bond acceptors (Lipinski definition) is 7. The maximum Gasteiger partial charge on any atom is 0.414 e. The molecule has 0 amide bonds. The summed E-state index contributed by atoms with van der Waals surface area (Å²) in [6.45, 7) is 11.8. The van der Waals surface area contributed by atoms with E-state index in [0.29, 0.717) is 31.8 Å². The lowest BCUT2D eigenvalue weighted by atomic mass is 10.0. The first-order chi connectivity index (χ1) is 13.9. The summed E-state index contributed by atoms with van der Waals surface area (Å²) in [4.78, 5) is 28.9. The summed E-state index contributed by atoms with van der Waals surface area (Å²) in [7, 11) is 0. The summed E-state index contributed by atoms with van der Waals surface area (Å²) in [5.41, 5.74) is 0.731. The van der Waals surface area contributed by atoms with Crippen molar-refractivity contribution < 1.29 is 19.2 Å². The zero-order chi connectivity index (χ0) is 22.1. The molecule has 2 heterocycles. The highest BCUT2D eigenvalue weighted by Crippen LogP contribution is 2.27. The lowest BCUT2D eigenvalue weighted by molar-refractivity contribution is -0.389. The van der Waals surface area contributed by atoms with Gasteiger partial charge in [-0.05, 0) is 57.2 Å². The first kappa shape index (κ1) is 21.8. The molecular weight excluding hydrogens is 388 g/mol. The monoisotopic (exact) mass is 416 g/mol. The van der Waals surface area contributed by atoms with E-state index in [1.807, 2.05) is 32.9 Å². The van der Waals surface area contributed by atoms with Gasteiger partial charge in [0.15, 0.2) is 0 Å². The van der Waals surface area contributed by atoms with Crippen molar-refractivity contribution in [3.8, 4) is 6.01 Å². The highest BCUT2D eigenvalue weighted by Gasteiger charge is 2.33. The first-order valence-electron chi connectivity index (χ1n) is 9.86. The van der Waals surface area contributed by atoms with Crippen molar-refractivity contribution in [1.82, 2.24) is 14.5 Å². The molecule has 0 bridgehead atoms. The number of nitro groups is 1. The van der Waals surface area contributed by atoms with Crippen LogP contribution in [-0.4, -0.2) is 49.6 Å². The van der Waals surface area contributed by atoms with E-state index in [4.69, 9.17) is 9.47 Å². The number of carbonyl (C=O) groups is 1. The largest absolute Gasteiger partial charge is 0.456 e. The van der Waals surface area contributed by atoms with Crippen LogP contribution in [0.5, 0.6) is 6.01 Å². The molecule has 3 rings (SSSR count). The minimum atomic E-state index is -0.536. The number of aromatic nitrogens is 2. The van der Waals surface area contributed by atoms with Crippen LogP contribution in [0.3, 0.4) is 0 Å². The van der Waals surface area contributed by atoms with E-state index >= 15 is 0 Å². The molecule has 0 atom stereocenters. The zero-order valence-corrected chi connectivity index (χ0v) is 18.0. The second-order valence-electron chi connectivity index (χ2n) is 9.05. The third-order valence-corrected chi connectivity index (χ3v) is 4.88. The summed E-state index contributed by atoms with van der Waals surface area (Å²) in [5, 5.41) is 11.0. The number of rotatable bonds is 4. The molecule has 0 radical (unpaired) electrons. The van der Waals surface area contributed by atoms with Gasteiger partial charge in [0, 0.05) is 30.2 Å². The number of imidazole rings is 1. The molecule has 30 heavy (non-hydrogen) atoms. The van der Waals surface area contributed by atoms with E-state index in [1.165, 1.54) is 6.20 Å². The molecule has 1 aliphatic rings. The summed E-state index contributed by atoms with van der Waals surface area (Å²) in [6.07, 6.45) is 1.41. The standard InChI is InChI=1S/C21H28N4O5/c1-20(2,3)30-18(26)16-8-6-15(7-9-16)12-24-10-11-29-19-22-17(25(27)28)13-23(19)14-21(24,4)5/h6-9,13H,10-12,14H2,1-5H3. The van der Waals surface area contributed by atoms with E-state index in [-0.39, 0.29) is 23.3 Å².